The number of esters is 1. The van der Waals surface area contributed by atoms with Crippen molar-refractivity contribution in [2.24, 2.45) is 0 Å². The summed E-state index contributed by atoms with van der Waals surface area (Å²) in [6, 6.07) is 5.87. The van der Waals surface area contributed by atoms with Gasteiger partial charge in [0.2, 0.25) is 5.91 Å². The summed E-state index contributed by atoms with van der Waals surface area (Å²) in [4.78, 5) is 37.6. The minimum atomic E-state index is -0.500. The lowest BCUT2D eigenvalue weighted by Gasteiger charge is -2.30. The first kappa shape index (κ1) is 23.0. The molecular formula is C20H30N2O4S. The van der Waals surface area contributed by atoms with Crippen molar-refractivity contribution in [2.45, 2.75) is 53.6 Å². The van der Waals surface area contributed by atoms with E-state index in [9.17, 15) is 14.4 Å². The van der Waals surface area contributed by atoms with E-state index >= 15 is 0 Å². The standard InChI is InChI=1S/C20H30N2O4S/c1-13(2)22(14(3)4)19(24)10-26-20(25)12-27-11-18(23)21-17-8-7-15(5)9-16(17)6/h7-9,13-14H,10-12H2,1-6H3,(H,21,23). The summed E-state index contributed by atoms with van der Waals surface area (Å²) in [6.45, 7) is 11.3. The van der Waals surface area contributed by atoms with Gasteiger partial charge in [-0.25, -0.2) is 0 Å². The Morgan fingerprint density at radius 2 is 1.70 bits per heavy atom. The number of rotatable bonds is 9. The summed E-state index contributed by atoms with van der Waals surface area (Å²) in [7, 11) is 0. The number of thioether (sulfide) groups is 1. The molecule has 1 aromatic carbocycles. The van der Waals surface area contributed by atoms with Gasteiger partial charge in [0.1, 0.15) is 0 Å². The molecule has 0 aliphatic heterocycles. The number of anilines is 1. The molecule has 0 aliphatic rings. The Kier molecular flexibility index (Phi) is 9.35. The topological polar surface area (TPSA) is 75.7 Å². The van der Waals surface area contributed by atoms with Crippen molar-refractivity contribution in [3.63, 3.8) is 0 Å². The van der Waals surface area contributed by atoms with Gasteiger partial charge in [0, 0.05) is 17.8 Å². The van der Waals surface area contributed by atoms with Gasteiger partial charge in [-0.2, -0.15) is 0 Å². The lowest BCUT2D eigenvalue weighted by atomic mass is 10.1. The highest BCUT2D eigenvalue weighted by molar-refractivity contribution is 8.00. The predicted molar refractivity (Wildman–Crippen MR) is 110 cm³/mol. The number of amides is 2. The van der Waals surface area contributed by atoms with Crippen LogP contribution in [-0.2, 0) is 19.1 Å². The number of aryl methyl sites for hydroxylation is 2. The van der Waals surface area contributed by atoms with Gasteiger partial charge in [-0.15, -0.1) is 11.8 Å². The smallest absolute Gasteiger partial charge is 0.316 e. The van der Waals surface area contributed by atoms with Crippen molar-refractivity contribution in [1.82, 2.24) is 4.90 Å². The normalized spacial score (nSPS) is 10.8. The van der Waals surface area contributed by atoms with Crippen LogP contribution >= 0.6 is 11.8 Å². The van der Waals surface area contributed by atoms with Gasteiger partial charge in [0.05, 0.1) is 11.5 Å². The third kappa shape index (κ3) is 8.03. The maximum Gasteiger partial charge on any atom is 0.316 e. The Morgan fingerprint density at radius 1 is 1.07 bits per heavy atom. The van der Waals surface area contributed by atoms with Crippen molar-refractivity contribution >= 4 is 35.2 Å². The predicted octanol–water partition coefficient (Wildman–Crippen LogP) is 3.16. The van der Waals surface area contributed by atoms with Crippen LogP contribution in [0.15, 0.2) is 18.2 Å². The van der Waals surface area contributed by atoms with Gasteiger partial charge in [0.25, 0.3) is 5.91 Å². The summed E-state index contributed by atoms with van der Waals surface area (Å²) in [6.07, 6.45) is 0. The van der Waals surface area contributed by atoms with E-state index in [-0.39, 0.29) is 42.0 Å². The molecule has 0 aromatic heterocycles. The summed E-state index contributed by atoms with van der Waals surface area (Å²) >= 11 is 1.16. The molecule has 1 rings (SSSR count). The van der Waals surface area contributed by atoms with E-state index in [1.54, 1.807) is 4.90 Å². The molecule has 1 aromatic rings. The largest absolute Gasteiger partial charge is 0.455 e. The number of nitrogens with zero attached hydrogens (tertiary/aromatic N) is 1. The van der Waals surface area contributed by atoms with E-state index in [1.807, 2.05) is 59.7 Å². The highest BCUT2D eigenvalue weighted by atomic mass is 32.2. The number of carbonyl (C=O) groups is 3. The molecule has 0 heterocycles. The lowest BCUT2D eigenvalue weighted by Crippen LogP contribution is -2.44. The van der Waals surface area contributed by atoms with Crippen LogP contribution in [0.25, 0.3) is 0 Å². The minimum Gasteiger partial charge on any atom is -0.455 e. The summed E-state index contributed by atoms with van der Waals surface area (Å²) in [5.74, 6) is -0.732. The zero-order valence-corrected chi connectivity index (χ0v) is 17.8. The third-order valence-corrected chi connectivity index (χ3v) is 4.77. The molecular weight excluding hydrogens is 364 g/mol. The van der Waals surface area contributed by atoms with Crippen LogP contribution < -0.4 is 5.32 Å². The zero-order chi connectivity index (χ0) is 20.6. The van der Waals surface area contributed by atoms with Crippen molar-refractivity contribution in [3.05, 3.63) is 29.3 Å². The maximum absolute atomic E-state index is 12.1. The van der Waals surface area contributed by atoms with E-state index in [0.29, 0.717) is 0 Å². The molecule has 0 fully saturated rings. The van der Waals surface area contributed by atoms with Gasteiger partial charge in [0.15, 0.2) is 6.61 Å². The number of ether oxygens (including phenoxy) is 1. The first-order chi connectivity index (χ1) is 12.6. The molecule has 7 heteroatoms. The Labute approximate surface area is 166 Å². The van der Waals surface area contributed by atoms with E-state index in [1.165, 1.54) is 0 Å². The number of carbonyl (C=O) groups excluding carboxylic acids is 3. The molecule has 0 atom stereocenters. The van der Waals surface area contributed by atoms with Crippen LogP contribution in [0, 0.1) is 13.8 Å². The quantitative estimate of drug-likeness (QED) is 0.651. The van der Waals surface area contributed by atoms with Crippen LogP contribution in [0.2, 0.25) is 0 Å². The van der Waals surface area contributed by atoms with Crippen LogP contribution in [0.1, 0.15) is 38.8 Å². The maximum atomic E-state index is 12.1. The van der Waals surface area contributed by atoms with Gasteiger partial charge in [-0.05, 0) is 53.2 Å². The van der Waals surface area contributed by atoms with E-state index < -0.39 is 5.97 Å². The molecule has 0 aliphatic carbocycles. The molecule has 0 spiro atoms. The average Bonchev–Trinajstić information content (AvgIpc) is 2.55. The molecule has 0 saturated carbocycles. The first-order valence-electron chi connectivity index (χ1n) is 9.03. The lowest BCUT2D eigenvalue weighted by molar-refractivity contribution is -0.151. The van der Waals surface area contributed by atoms with Crippen LogP contribution in [-0.4, -0.2) is 52.9 Å². The third-order valence-electron chi connectivity index (χ3n) is 3.87. The molecule has 6 nitrogen and oxygen atoms in total. The van der Waals surface area contributed by atoms with Gasteiger partial charge < -0.3 is 15.0 Å². The van der Waals surface area contributed by atoms with Gasteiger partial charge in [-0.3, -0.25) is 14.4 Å². The number of hydrogen-bond acceptors (Lipinski definition) is 5. The monoisotopic (exact) mass is 394 g/mol. The SMILES string of the molecule is Cc1ccc(NC(=O)CSCC(=O)OCC(=O)N(C(C)C)C(C)C)c(C)c1. The number of nitrogens with one attached hydrogen (secondary N) is 1. The molecule has 0 unspecified atom stereocenters. The second-order valence-electron chi connectivity index (χ2n) is 7.01. The van der Waals surface area contributed by atoms with Crippen LogP contribution in [0.5, 0.6) is 0 Å². The molecule has 0 saturated heterocycles. The van der Waals surface area contributed by atoms with E-state index in [0.717, 1.165) is 28.6 Å². The molecule has 2 amide bonds. The fraction of sp³-hybridized carbons (Fsp3) is 0.550. The van der Waals surface area contributed by atoms with Crippen LogP contribution in [0.3, 0.4) is 0 Å². The Balaban J connectivity index is 2.34. The molecule has 0 radical (unpaired) electrons. The van der Waals surface area contributed by atoms with Crippen molar-refractivity contribution in [1.29, 1.82) is 0 Å². The number of benzene rings is 1. The highest BCUT2D eigenvalue weighted by Gasteiger charge is 2.21. The van der Waals surface area contributed by atoms with Crippen LogP contribution in [0.4, 0.5) is 5.69 Å². The fourth-order valence-electron chi connectivity index (χ4n) is 2.80. The summed E-state index contributed by atoms with van der Waals surface area (Å²) in [5.41, 5.74) is 2.89. The Hall–Kier alpha value is -2.02. The molecule has 0 bridgehead atoms. The van der Waals surface area contributed by atoms with Gasteiger partial charge >= 0.3 is 5.97 Å². The Bertz CT molecular complexity index is 666. The van der Waals surface area contributed by atoms with E-state index in [4.69, 9.17) is 4.74 Å². The Morgan fingerprint density at radius 3 is 2.26 bits per heavy atom. The fourth-order valence-corrected chi connectivity index (χ4v) is 3.41. The second-order valence-corrected chi connectivity index (χ2v) is 7.99. The van der Waals surface area contributed by atoms with Gasteiger partial charge in [-0.1, -0.05) is 17.7 Å². The highest BCUT2D eigenvalue weighted by Crippen LogP contribution is 2.16. The van der Waals surface area contributed by atoms with Crippen molar-refractivity contribution in [2.75, 3.05) is 23.4 Å². The van der Waals surface area contributed by atoms with E-state index in [2.05, 4.69) is 5.32 Å². The van der Waals surface area contributed by atoms with Crippen molar-refractivity contribution in [3.8, 4) is 0 Å². The minimum absolute atomic E-state index is 0.0247. The number of hydrogen-bond donors (Lipinski definition) is 1. The van der Waals surface area contributed by atoms with Crippen molar-refractivity contribution < 1.29 is 19.1 Å². The molecule has 150 valence electrons. The second kappa shape index (κ2) is 11.0. The average molecular weight is 395 g/mol. The summed E-state index contributed by atoms with van der Waals surface area (Å²) in [5, 5.41) is 2.83. The zero-order valence-electron chi connectivity index (χ0n) is 17.0. The summed E-state index contributed by atoms with van der Waals surface area (Å²) < 4.78 is 5.03. The first-order valence-corrected chi connectivity index (χ1v) is 10.2. The molecule has 1 N–H and O–H groups in total. The molecule has 27 heavy (non-hydrogen) atoms.